The quantitative estimate of drug-likeness (QED) is 0.415. The molecule has 154 valence electrons. The van der Waals surface area contributed by atoms with Crippen LogP contribution in [0.4, 0.5) is 13.2 Å². The minimum Gasteiger partial charge on any atom is -0.427 e. The Hall–Kier alpha value is -2.56. The molecule has 0 radical (unpaired) electrons. The van der Waals surface area contributed by atoms with E-state index in [2.05, 4.69) is 6.92 Å². The lowest BCUT2D eigenvalue weighted by Crippen LogP contribution is -2.07. The molecule has 5 heteroatoms. The molecule has 1 aromatic heterocycles. The average Bonchev–Trinajstić information content (AvgIpc) is 2.71. The summed E-state index contributed by atoms with van der Waals surface area (Å²) in [5, 5.41) is 0.380. The molecule has 1 heterocycles. The molecular weight excluding hydrogens is 377 g/mol. The minimum atomic E-state index is -0.868. The van der Waals surface area contributed by atoms with E-state index in [9.17, 15) is 18.0 Å². The maximum Gasteiger partial charge on any atom is 0.346 e. The van der Waals surface area contributed by atoms with Gasteiger partial charge in [-0.05, 0) is 53.8 Å². The second kappa shape index (κ2) is 9.29. The Bertz CT molecular complexity index is 1070. The Morgan fingerprint density at radius 2 is 1.38 bits per heavy atom. The fourth-order valence-corrected chi connectivity index (χ4v) is 3.55. The van der Waals surface area contributed by atoms with Gasteiger partial charge in [-0.15, -0.1) is 0 Å². The number of aryl methyl sites for hydroxylation is 4. The van der Waals surface area contributed by atoms with E-state index in [0.717, 1.165) is 19.3 Å². The maximum atomic E-state index is 14.9. The van der Waals surface area contributed by atoms with Crippen molar-refractivity contribution in [3.8, 4) is 0 Å². The van der Waals surface area contributed by atoms with Gasteiger partial charge in [-0.3, -0.25) is 0 Å². The Kier molecular flexibility index (Phi) is 6.78. The van der Waals surface area contributed by atoms with Crippen molar-refractivity contribution < 1.29 is 17.6 Å². The summed E-state index contributed by atoms with van der Waals surface area (Å²) in [6.07, 6.45) is 4.13. The van der Waals surface area contributed by atoms with Gasteiger partial charge in [0.15, 0.2) is 11.6 Å². The second-order valence-electron chi connectivity index (χ2n) is 7.33. The first-order valence-corrected chi connectivity index (χ1v) is 10.2. The number of fused-ring (bicyclic) bond motifs is 1. The lowest BCUT2D eigenvalue weighted by Gasteiger charge is -2.10. The number of halogens is 3. The standard InChI is InChI=1S/C24H25F3O2/c1-3-5-6-7-15-8-10-17(23(27)22(15)26)11-9-16-12-13-18-14-19(4-2)29-24(28)20(18)21(16)25/h8,10,12-14H,3-7,9,11H2,1-2H3. The molecule has 0 aliphatic heterocycles. The van der Waals surface area contributed by atoms with E-state index in [1.165, 1.54) is 0 Å². The largest absolute Gasteiger partial charge is 0.427 e. The van der Waals surface area contributed by atoms with Crippen molar-refractivity contribution in [3.63, 3.8) is 0 Å². The van der Waals surface area contributed by atoms with Crippen LogP contribution in [0.25, 0.3) is 10.8 Å². The Morgan fingerprint density at radius 3 is 2.00 bits per heavy atom. The molecule has 2 aromatic carbocycles. The summed E-state index contributed by atoms with van der Waals surface area (Å²) in [7, 11) is 0. The van der Waals surface area contributed by atoms with Gasteiger partial charge in [0.1, 0.15) is 17.0 Å². The summed E-state index contributed by atoms with van der Waals surface area (Å²) >= 11 is 0. The Morgan fingerprint density at radius 1 is 0.793 bits per heavy atom. The highest BCUT2D eigenvalue weighted by molar-refractivity contribution is 5.82. The average molecular weight is 402 g/mol. The lowest BCUT2D eigenvalue weighted by atomic mass is 9.98. The van der Waals surface area contributed by atoms with E-state index in [1.54, 1.807) is 30.3 Å². The maximum absolute atomic E-state index is 14.9. The van der Waals surface area contributed by atoms with Gasteiger partial charge < -0.3 is 4.42 Å². The molecule has 0 atom stereocenters. The monoisotopic (exact) mass is 402 g/mol. The first kappa shape index (κ1) is 21.2. The SMILES string of the molecule is CCCCCc1ccc(CCc2ccc3cc(CC)oc(=O)c3c2F)c(F)c1F. The van der Waals surface area contributed by atoms with Crippen LogP contribution < -0.4 is 5.63 Å². The van der Waals surface area contributed by atoms with Crippen molar-refractivity contribution in [2.75, 3.05) is 0 Å². The van der Waals surface area contributed by atoms with Crippen LogP contribution >= 0.6 is 0 Å². The zero-order chi connectivity index (χ0) is 21.0. The number of benzene rings is 2. The third-order valence-electron chi connectivity index (χ3n) is 5.30. The molecule has 0 saturated heterocycles. The second-order valence-corrected chi connectivity index (χ2v) is 7.33. The molecule has 0 spiro atoms. The van der Waals surface area contributed by atoms with Crippen molar-refractivity contribution in [3.05, 3.63) is 80.7 Å². The molecule has 0 aliphatic rings. The summed E-state index contributed by atoms with van der Waals surface area (Å²) in [6.45, 7) is 3.90. The highest BCUT2D eigenvalue weighted by Crippen LogP contribution is 2.23. The smallest absolute Gasteiger partial charge is 0.346 e. The van der Waals surface area contributed by atoms with Gasteiger partial charge in [0.2, 0.25) is 0 Å². The summed E-state index contributed by atoms with van der Waals surface area (Å²) in [5.74, 6) is -1.85. The zero-order valence-corrected chi connectivity index (χ0v) is 16.8. The van der Waals surface area contributed by atoms with Gasteiger partial charge in [0.05, 0.1) is 0 Å². The van der Waals surface area contributed by atoms with Crippen molar-refractivity contribution in [2.45, 2.75) is 58.8 Å². The van der Waals surface area contributed by atoms with Crippen molar-refractivity contribution in [2.24, 2.45) is 0 Å². The first-order chi connectivity index (χ1) is 14.0. The highest BCUT2D eigenvalue weighted by atomic mass is 19.2. The molecular formula is C24H25F3O2. The van der Waals surface area contributed by atoms with Crippen LogP contribution in [0.5, 0.6) is 0 Å². The van der Waals surface area contributed by atoms with Gasteiger partial charge in [-0.25, -0.2) is 18.0 Å². The van der Waals surface area contributed by atoms with Crippen molar-refractivity contribution in [1.29, 1.82) is 0 Å². The fourth-order valence-electron chi connectivity index (χ4n) is 3.55. The summed E-state index contributed by atoms with van der Waals surface area (Å²) in [5.41, 5.74) is 0.142. The fraction of sp³-hybridized carbons (Fsp3) is 0.375. The van der Waals surface area contributed by atoms with Crippen LogP contribution in [-0.2, 0) is 25.7 Å². The number of rotatable bonds is 8. The predicted octanol–water partition coefficient (Wildman–Crippen LogP) is 6.29. The van der Waals surface area contributed by atoms with E-state index in [-0.39, 0.29) is 29.4 Å². The molecule has 2 nitrogen and oxygen atoms in total. The predicted molar refractivity (Wildman–Crippen MR) is 109 cm³/mol. The topological polar surface area (TPSA) is 30.2 Å². The Balaban J connectivity index is 1.82. The molecule has 0 bridgehead atoms. The van der Waals surface area contributed by atoms with E-state index in [0.29, 0.717) is 29.6 Å². The number of hydrogen-bond acceptors (Lipinski definition) is 2. The van der Waals surface area contributed by atoms with Crippen molar-refractivity contribution >= 4 is 10.8 Å². The molecule has 29 heavy (non-hydrogen) atoms. The van der Waals surface area contributed by atoms with Crippen LogP contribution in [0.3, 0.4) is 0 Å². The Labute approximate surface area is 168 Å². The van der Waals surface area contributed by atoms with Gasteiger partial charge in [0, 0.05) is 6.42 Å². The van der Waals surface area contributed by atoms with Gasteiger partial charge >= 0.3 is 5.63 Å². The first-order valence-electron chi connectivity index (χ1n) is 10.2. The molecule has 0 aliphatic carbocycles. The lowest BCUT2D eigenvalue weighted by molar-refractivity contribution is 0.469. The molecule has 0 saturated carbocycles. The summed E-state index contributed by atoms with van der Waals surface area (Å²) < 4.78 is 48.7. The summed E-state index contributed by atoms with van der Waals surface area (Å²) in [6, 6.07) is 8.08. The van der Waals surface area contributed by atoms with Crippen LogP contribution in [0.2, 0.25) is 0 Å². The van der Waals surface area contributed by atoms with Crippen LogP contribution in [-0.4, -0.2) is 0 Å². The third kappa shape index (κ3) is 4.55. The van der Waals surface area contributed by atoms with E-state index < -0.39 is 23.1 Å². The number of hydrogen-bond donors (Lipinski definition) is 0. The van der Waals surface area contributed by atoms with E-state index in [1.807, 2.05) is 6.92 Å². The molecule has 0 fully saturated rings. The van der Waals surface area contributed by atoms with Crippen molar-refractivity contribution in [1.82, 2.24) is 0 Å². The molecule has 0 N–H and O–H groups in total. The summed E-state index contributed by atoms with van der Waals surface area (Å²) in [4.78, 5) is 12.1. The molecule has 3 aromatic rings. The molecule has 3 rings (SSSR count). The van der Waals surface area contributed by atoms with Gasteiger partial charge in [0.25, 0.3) is 0 Å². The van der Waals surface area contributed by atoms with Crippen LogP contribution in [0.1, 0.15) is 55.6 Å². The van der Waals surface area contributed by atoms with Gasteiger partial charge in [-0.1, -0.05) is 51.0 Å². The molecule has 0 unspecified atom stereocenters. The van der Waals surface area contributed by atoms with E-state index in [4.69, 9.17) is 4.42 Å². The highest BCUT2D eigenvalue weighted by Gasteiger charge is 2.16. The molecule has 0 amide bonds. The van der Waals surface area contributed by atoms with Gasteiger partial charge in [-0.2, -0.15) is 0 Å². The number of unbranched alkanes of at least 4 members (excludes halogenated alkanes) is 2. The normalized spacial score (nSPS) is 11.3. The van der Waals surface area contributed by atoms with Crippen LogP contribution in [0, 0.1) is 17.5 Å². The van der Waals surface area contributed by atoms with E-state index >= 15 is 0 Å². The van der Waals surface area contributed by atoms with Crippen LogP contribution in [0.15, 0.2) is 39.5 Å². The zero-order valence-electron chi connectivity index (χ0n) is 16.8. The minimum absolute atomic E-state index is 0.0994. The third-order valence-corrected chi connectivity index (χ3v) is 5.30.